The fourth-order valence-electron chi connectivity index (χ4n) is 1.93. The standard InChI is InChI=1S/C16H13F3N2O3/c17-16(18,19)13-7-1-10(2-8-13)9-20-14(22)11-3-5-12(6-4-11)15(23)21-24/h1-8,24H,9H2,(H,20,22)(H,21,23). The van der Waals surface area contributed by atoms with Crippen LogP contribution >= 0.6 is 0 Å². The van der Waals surface area contributed by atoms with Crippen LogP contribution in [0.3, 0.4) is 0 Å². The van der Waals surface area contributed by atoms with Crippen molar-refractivity contribution in [1.29, 1.82) is 0 Å². The molecule has 0 atom stereocenters. The summed E-state index contributed by atoms with van der Waals surface area (Å²) in [5.74, 6) is -1.14. The SMILES string of the molecule is O=C(NO)c1ccc(C(=O)NCc2ccc(C(F)(F)F)cc2)cc1. The molecule has 0 aliphatic carbocycles. The first-order chi connectivity index (χ1) is 11.3. The van der Waals surface area contributed by atoms with E-state index in [1.807, 2.05) is 0 Å². The third-order valence-corrected chi connectivity index (χ3v) is 3.25. The fourth-order valence-corrected chi connectivity index (χ4v) is 1.93. The minimum atomic E-state index is -4.40. The Morgan fingerprint density at radius 2 is 1.38 bits per heavy atom. The molecule has 0 radical (unpaired) electrons. The second kappa shape index (κ2) is 7.14. The highest BCUT2D eigenvalue weighted by Crippen LogP contribution is 2.29. The van der Waals surface area contributed by atoms with E-state index in [9.17, 15) is 22.8 Å². The van der Waals surface area contributed by atoms with Gasteiger partial charge < -0.3 is 5.32 Å². The molecule has 2 aromatic rings. The van der Waals surface area contributed by atoms with Crippen molar-refractivity contribution in [3.05, 3.63) is 70.8 Å². The van der Waals surface area contributed by atoms with Gasteiger partial charge in [-0.3, -0.25) is 14.8 Å². The molecule has 0 saturated heterocycles. The molecular formula is C16H13F3N2O3. The van der Waals surface area contributed by atoms with Crippen molar-refractivity contribution in [2.24, 2.45) is 0 Å². The molecule has 3 N–H and O–H groups in total. The molecule has 0 saturated carbocycles. The van der Waals surface area contributed by atoms with Crippen LogP contribution < -0.4 is 10.8 Å². The van der Waals surface area contributed by atoms with Gasteiger partial charge in [-0.2, -0.15) is 13.2 Å². The topological polar surface area (TPSA) is 78.4 Å². The molecule has 0 aliphatic rings. The van der Waals surface area contributed by atoms with E-state index >= 15 is 0 Å². The smallest absolute Gasteiger partial charge is 0.348 e. The van der Waals surface area contributed by atoms with E-state index in [1.165, 1.54) is 41.9 Å². The van der Waals surface area contributed by atoms with Crippen LogP contribution in [0.25, 0.3) is 0 Å². The minimum Gasteiger partial charge on any atom is -0.348 e. The number of alkyl halides is 3. The lowest BCUT2D eigenvalue weighted by molar-refractivity contribution is -0.137. The van der Waals surface area contributed by atoms with Gasteiger partial charge in [0.1, 0.15) is 0 Å². The summed E-state index contributed by atoms with van der Waals surface area (Å²) in [6, 6.07) is 9.99. The van der Waals surface area contributed by atoms with Gasteiger partial charge in [0.2, 0.25) is 0 Å². The summed E-state index contributed by atoms with van der Waals surface area (Å²) < 4.78 is 37.4. The second-order valence-corrected chi connectivity index (χ2v) is 4.90. The number of benzene rings is 2. The summed E-state index contributed by atoms with van der Waals surface area (Å²) in [4.78, 5) is 23.1. The van der Waals surface area contributed by atoms with Gasteiger partial charge in [-0.15, -0.1) is 0 Å². The summed E-state index contributed by atoms with van der Waals surface area (Å²) >= 11 is 0. The van der Waals surface area contributed by atoms with Gasteiger partial charge in [-0.1, -0.05) is 12.1 Å². The Balaban J connectivity index is 1.96. The molecule has 2 rings (SSSR count). The molecule has 5 nitrogen and oxygen atoms in total. The zero-order chi connectivity index (χ0) is 17.7. The van der Waals surface area contributed by atoms with Gasteiger partial charge in [0.25, 0.3) is 11.8 Å². The number of halogens is 3. The molecule has 0 aromatic heterocycles. The zero-order valence-electron chi connectivity index (χ0n) is 12.2. The highest BCUT2D eigenvalue weighted by molar-refractivity contribution is 5.97. The molecule has 0 fully saturated rings. The lowest BCUT2D eigenvalue weighted by Gasteiger charge is -2.09. The molecule has 0 bridgehead atoms. The van der Waals surface area contributed by atoms with Gasteiger partial charge >= 0.3 is 6.18 Å². The van der Waals surface area contributed by atoms with Crippen molar-refractivity contribution in [2.45, 2.75) is 12.7 Å². The summed E-state index contributed by atoms with van der Waals surface area (Å²) in [7, 11) is 0. The third-order valence-electron chi connectivity index (χ3n) is 3.25. The Bertz CT molecular complexity index is 726. The van der Waals surface area contributed by atoms with Gasteiger partial charge in [-0.05, 0) is 42.0 Å². The van der Waals surface area contributed by atoms with Crippen molar-refractivity contribution in [2.75, 3.05) is 0 Å². The number of hydrogen-bond acceptors (Lipinski definition) is 3. The van der Waals surface area contributed by atoms with Crippen LogP contribution in [0.15, 0.2) is 48.5 Å². The number of hydrogen-bond donors (Lipinski definition) is 3. The Kier molecular flexibility index (Phi) is 5.20. The van der Waals surface area contributed by atoms with E-state index in [0.717, 1.165) is 12.1 Å². The Morgan fingerprint density at radius 1 is 0.875 bits per heavy atom. The Hall–Kier alpha value is -2.87. The van der Waals surface area contributed by atoms with E-state index in [0.29, 0.717) is 5.56 Å². The first kappa shape index (κ1) is 17.5. The van der Waals surface area contributed by atoms with Gasteiger partial charge in [0.05, 0.1) is 5.56 Å². The molecule has 126 valence electrons. The molecule has 2 aromatic carbocycles. The van der Waals surface area contributed by atoms with E-state index in [4.69, 9.17) is 5.21 Å². The first-order valence-electron chi connectivity index (χ1n) is 6.80. The number of carbonyl (C=O) groups is 2. The lowest BCUT2D eigenvalue weighted by Crippen LogP contribution is -2.23. The van der Waals surface area contributed by atoms with Crippen LogP contribution in [0.4, 0.5) is 13.2 Å². The Morgan fingerprint density at radius 3 is 1.83 bits per heavy atom. The van der Waals surface area contributed by atoms with Crippen LogP contribution in [0.1, 0.15) is 31.8 Å². The second-order valence-electron chi connectivity index (χ2n) is 4.90. The zero-order valence-corrected chi connectivity index (χ0v) is 12.2. The van der Waals surface area contributed by atoms with Crippen LogP contribution in [-0.4, -0.2) is 17.0 Å². The van der Waals surface area contributed by atoms with Crippen molar-refractivity contribution in [3.8, 4) is 0 Å². The highest BCUT2D eigenvalue weighted by Gasteiger charge is 2.29. The van der Waals surface area contributed by atoms with Crippen molar-refractivity contribution < 1.29 is 28.0 Å². The highest BCUT2D eigenvalue weighted by atomic mass is 19.4. The molecule has 0 aliphatic heterocycles. The summed E-state index contributed by atoms with van der Waals surface area (Å²) in [5.41, 5.74) is 1.69. The maximum Gasteiger partial charge on any atom is 0.416 e. The van der Waals surface area contributed by atoms with Crippen LogP contribution in [0.2, 0.25) is 0 Å². The molecule has 0 spiro atoms. The normalized spacial score (nSPS) is 11.0. The Labute approximate surface area is 135 Å². The van der Waals surface area contributed by atoms with E-state index < -0.39 is 23.6 Å². The van der Waals surface area contributed by atoms with Crippen molar-refractivity contribution >= 4 is 11.8 Å². The number of nitrogens with one attached hydrogen (secondary N) is 2. The maximum absolute atomic E-state index is 12.5. The molecule has 0 unspecified atom stereocenters. The lowest BCUT2D eigenvalue weighted by atomic mass is 10.1. The quantitative estimate of drug-likeness (QED) is 0.592. The average Bonchev–Trinajstić information content (AvgIpc) is 2.58. The van der Waals surface area contributed by atoms with Gasteiger partial charge in [0, 0.05) is 17.7 Å². The van der Waals surface area contributed by atoms with Gasteiger partial charge in [0.15, 0.2) is 0 Å². The summed E-state index contributed by atoms with van der Waals surface area (Å²) in [6.07, 6.45) is -4.40. The largest absolute Gasteiger partial charge is 0.416 e. The maximum atomic E-state index is 12.5. The van der Waals surface area contributed by atoms with Crippen LogP contribution in [-0.2, 0) is 12.7 Å². The van der Waals surface area contributed by atoms with Gasteiger partial charge in [-0.25, -0.2) is 5.48 Å². The first-order valence-corrected chi connectivity index (χ1v) is 6.80. The fraction of sp³-hybridized carbons (Fsp3) is 0.125. The van der Waals surface area contributed by atoms with E-state index in [1.54, 1.807) is 0 Å². The number of hydroxylamine groups is 1. The molecular weight excluding hydrogens is 325 g/mol. The van der Waals surface area contributed by atoms with E-state index in [-0.39, 0.29) is 17.7 Å². The molecule has 2 amide bonds. The van der Waals surface area contributed by atoms with Crippen molar-refractivity contribution in [3.63, 3.8) is 0 Å². The average molecular weight is 338 g/mol. The van der Waals surface area contributed by atoms with Crippen LogP contribution in [0.5, 0.6) is 0 Å². The number of amides is 2. The predicted molar refractivity (Wildman–Crippen MR) is 78.3 cm³/mol. The van der Waals surface area contributed by atoms with E-state index in [2.05, 4.69) is 5.32 Å². The third kappa shape index (κ3) is 4.32. The van der Waals surface area contributed by atoms with Crippen molar-refractivity contribution in [1.82, 2.24) is 10.8 Å². The molecule has 0 heterocycles. The summed E-state index contributed by atoms with van der Waals surface area (Å²) in [6.45, 7) is 0.0653. The predicted octanol–water partition coefficient (Wildman–Crippen LogP) is 2.75. The summed E-state index contributed by atoms with van der Waals surface area (Å²) in [5, 5.41) is 11.1. The number of rotatable bonds is 4. The molecule has 8 heteroatoms. The minimum absolute atomic E-state index is 0.0653. The monoisotopic (exact) mass is 338 g/mol. The van der Waals surface area contributed by atoms with Crippen LogP contribution in [0, 0.1) is 0 Å². The number of carbonyl (C=O) groups excluding carboxylic acids is 2. The molecule has 24 heavy (non-hydrogen) atoms.